The average Bonchev–Trinajstić information content (AvgIpc) is 2.71. The van der Waals surface area contributed by atoms with Crippen LogP contribution in [0.4, 0.5) is 0 Å². The lowest BCUT2D eigenvalue weighted by molar-refractivity contribution is -0.118. The standard InChI is InChI=1S/C12H11N3O/c1-9(16)13-5-2-3-10-7-11-4-6-14-12(11)15-8-10/h4,6-8H,5H2,1H3,(H,13,16)(H,14,15). The SMILES string of the molecule is CC(=O)NCC#Cc1cnc2[nH]ccc2c1. The molecule has 0 atom stereocenters. The lowest BCUT2D eigenvalue weighted by Gasteiger charge is -1.92. The van der Waals surface area contributed by atoms with Gasteiger partial charge in [0.25, 0.3) is 0 Å². The molecule has 0 bridgehead atoms. The molecule has 0 saturated heterocycles. The summed E-state index contributed by atoms with van der Waals surface area (Å²) in [5.41, 5.74) is 1.70. The third kappa shape index (κ3) is 2.39. The van der Waals surface area contributed by atoms with E-state index in [0.29, 0.717) is 6.54 Å². The van der Waals surface area contributed by atoms with Crippen LogP contribution in [-0.4, -0.2) is 22.4 Å². The van der Waals surface area contributed by atoms with Crippen LogP contribution < -0.4 is 5.32 Å². The first kappa shape index (κ1) is 10.2. The van der Waals surface area contributed by atoms with E-state index in [1.165, 1.54) is 6.92 Å². The van der Waals surface area contributed by atoms with Crippen molar-refractivity contribution in [2.45, 2.75) is 6.92 Å². The summed E-state index contributed by atoms with van der Waals surface area (Å²) in [6.07, 6.45) is 3.55. The summed E-state index contributed by atoms with van der Waals surface area (Å²) in [4.78, 5) is 17.8. The monoisotopic (exact) mass is 213 g/mol. The molecule has 0 fully saturated rings. The van der Waals surface area contributed by atoms with E-state index in [2.05, 4.69) is 27.1 Å². The van der Waals surface area contributed by atoms with Gasteiger partial charge in [-0.05, 0) is 12.1 Å². The molecule has 0 saturated carbocycles. The van der Waals surface area contributed by atoms with Gasteiger partial charge in [-0.2, -0.15) is 0 Å². The van der Waals surface area contributed by atoms with Crippen LogP contribution in [0.3, 0.4) is 0 Å². The normalized spacial score (nSPS) is 9.56. The molecule has 0 aliphatic carbocycles. The summed E-state index contributed by atoms with van der Waals surface area (Å²) in [5.74, 6) is 5.72. The van der Waals surface area contributed by atoms with Crippen molar-refractivity contribution in [2.24, 2.45) is 0 Å². The number of carbonyl (C=O) groups is 1. The lowest BCUT2D eigenvalue weighted by Crippen LogP contribution is -2.19. The van der Waals surface area contributed by atoms with E-state index in [0.717, 1.165) is 16.6 Å². The number of pyridine rings is 1. The highest BCUT2D eigenvalue weighted by atomic mass is 16.1. The molecule has 4 nitrogen and oxygen atoms in total. The molecule has 1 amide bonds. The quantitative estimate of drug-likeness (QED) is 0.696. The molecule has 2 heterocycles. The molecule has 80 valence electrons. The number of fused-ring (bicyclic) bond motifs is 1. The number of carbonyl (C=O) groups excluding carboxylic acids is 1. The van der Waals surface area contributed by atoms with Gasteiger partial charge < -0.3 is 10.3 Å². The van der Waals surface area contributed by atoms with Gasteiger partial charge in [0.1, 0.15) is 5.65 Å². The number of H-pyrrole nitrogens is 1. The molecule has 0 spiro atoms. The molecular weight excluding hydrogens is 202 g/mol. The van der Waals surface area contributed by atoms with E-state index < -0.39 is 0 Å². The number of nitrogens with one attached hydrogen (secondary N) is 2. The third-order valence-corrected chi connectivity index (χ3v) is 2.06. The molecule has 2 aromatic heterocycles. The van der Waals surface area contributed by atoms with Gasteiger partial charge in [0.2, 0.25) is 5.91 Å². The van der Waals surface area contributed by atoms with Crippen LogP contribution in [0.25, 0.3) is 11.0 Å². The summed E-state index contributed by atoms with van der Waals surface area (Å²) in [5, 5.41) is 3.64. The first-order valence-electron chi connectivity index (χ1n) is 4.92. The number of hydrogen-bond acceptors (Lipinski definition) is 2. The Balaban J connectivity index is 2.11. The van der Waals surface area contributed by atoms with Gasteiger partial charge in [0, 0.05) is 30.3 Å². The van der Waals surface area contributed by atoms with E-state index in [9.17, 15) is 4.79 Å². The molecule has 0 unspecified atom stereocenters. The highest BCUT2D eigenvalue weighted by Crippen LogP contribution is 2.09. The van der Waals surface area contributed by atoms with E-state index in [1.807, 2.05) is 18.3 Å². The molecule has 2 rings (SSSR count). The Bertz CT molecular complexity index is 574. The first-order chi connectivity index (χ1) is 7.75. The molecule has 2 N–H and O–H groups in total. The fourth-order valence-corrected chi connectivity index (χ4v) is 1.32. The number of amides is 1. The summed E-state index contributed by atoms with van der Waals surface area (Å²) < 4.78 is 0. The molecule has 0 radical (unpaired) electrons. The Labute approximate surface area is 93.1 Å². The Hall–Kier alpha value is -2.28. The van der Waals surface area contributed by atoms with Gasteiger partial charge >= 0.3 is 0 Å². The van der Waals surface area contributed by atoms with Gasteiger partial charge in [0.05, 0.1) is 6.54 Å². The van der Waals surface area contributed by atoms with Gasteiger partial charge in [-0.1, -0.05) is 11.8 Å². The molecule has 0 aliphatic rings. The zero-order valence-electron chi connectivity index (χ0n) is 8.87. The van der Waals surface area contributed by atoms with E-state index in [4.69, 9.17) is 0 Å². The van der Waals surface area contributed by atoms with Crippen molar-refractivity contribution in [1.29, 1.82) is 0 Å². The lowest BCUT2D eigenvalue weighted by atomic mass is 10.2. The van der Waals surface area contributed by atoms with Crippen molar-refractivity contribution in [3.05, 3.63) is 30.1 Å². The maximum absolute atomic E-state index is 10.6. The molecule has 0 aromatic carbocycles. The number of hydrogen-bond donors (Lipinski definition) is 2. The summed E-state index contributed by atoms with van der Waals surface area (Å²) in [6, 6.07) is 3.90. The minimum Gasteiger partial charge on any atom is -0.346 e. The molecule has 0 aliphatic heterocycles. The predicted octanol–water partition coefficient (Wildman–Crippen LogP) is 1.05. The largest absolute Gasteiger partial charge is 0.346 e. The summed E-state index contributed by atoms with van der Waals surface area (Å²) in [6.45, 7) is 1.83. The Morgan fingerprint density at radius 1 is 1.62 bits per heavy atom. The van der Waals surface area contributed by atoms with E-state index >= 15 is 0 Å². The number of nitrogens with zero attached hydrogens (tertiary/aromatic N) is 1. The zero-order chi connectivity index (χ0) is 11.4. The van der Waals surface area contributed by atoms with Crippen LogP contribution in [0.15, 0.2) is 24.5 Å². The van der Waals surface area contributed by atoms with Crippen LogP contribution >= 0.6 is 0 Å². The van der Waals surface area contributed by atoms with Crippen LogP contribution in [-0.2, 0) is 4.79 Å². The fraction of sp³-hybridized carbons (Fsp3) is 0.167. The Kier molecular flexibility index (Phi) is 2.88. The maximum Gasteiger partial charge on any atom is 0.217 e. The van der Waals surface area contributed by atoms with E-state index in [-0.39, 0.29) is 5.91 Å². The van der Waals surface area contributed by atoms with Gasteiger partial charge in [-0.3, -0.25) is 4.79 Å². The average molecular weight is 213 g/mol. The van der Waals surface area contributed by atoms with Crippen molar-refractivity contribution < 1.29 is 4.79 Å². The van der Waals surface area contributed by atoms with Crippen LogP contribution in [0.1, 0.15) is 12.5 Å². The van der Waals surface area contributed by atoms with Gasteiger partial charge in [-0.15, -0.1) is 0 Å². The fourth-order valence-electron chi connectivity index (χ4n) is 1.32. The minimum atomic E-state index is -0.0755. The Morgan fingerprint density at radius 2 is 2.50 bits per heavy atom. The van der Waals surface area contributed by atoms with Crippen molar-refractivity contribution in [3.8, 4) is 11.8 Å². The molecule has 2 aromatic rings. The topological polar surface area (TPSA) is 57.8 Å². The molecule has 4 heteroatoms. The predicted molar refractivity (Wildman–Crippen MR) is 61.7 cm³/mol. The third-order valence-electron chi connectivity index (χ3n) is 2.06. The number of aromatic nitrogens is 2. The molecular formula is C12H11N3O. The minimum absolute atomic E-state index is 0.0755. The summed E-state index contributed by atoms with van der Waals surface area (Å²) in [7, 11) is 0. The second kappa shape index (κ2) is 4.49. The summed E-state index contributed by atoms with van der Waals surface area (Å²) >= 11 is 0. The maximum atomic E-state index is 10.6. The Morgan fingerprint density at radius 3 is 3.31 bits per heavy atom. The van der Waals surface area contributed by atoms with Crippen LogP contribution in [0.2, 0.25) is 0 Å². The van der Waals surface area contributed by atoms with Gasteiger partial charge in [0.15, 0.2) is 0 Å². The molecule has 16 heavy (non-hydrogen) atoms. The number of rotatable bonds is 1. The van der Waals surface area contributed by atoms with Gasteiger partial charge in [-0.25, -0.2) is 4.98 Å². The van der Waals surface area contributed by atoms with E-state index in [1.54, 1.807) is 6.20 Å². The highest BCUT2D eigenvalue weighted by molar-refractivity contribution is 5.76. The number of aromatic amines is 1. The highest BCUT2D eigenvalue weighted by Gasteiger charge is 1.95. The van der Waals surface area contributed by atoms with Crippen molar-refractivity contribution >= 4 is 16.9 Å². The smallest absolute Gasteiger partial charge is 0.217 e. The van der Waals surface area contributed by atoms with Crippen molar-refractivity contribution in [1.82, 2.24) is 15.3 Å². The first-order valence-corrected chi connectivity index (χ1v) is 4.92. The van der Waals surface area contributed by atoms with Crippen LogP contribution in [0, 0.1) is 11.8 Å². The second-order valence-corrected chi connectivity index (χ2v) is 3.35. The van der Waals surface area contributed by atoms with Crippen molar-refractivity contribution in [2.75, 3.05) is 6.54 Å². The zero-order valence-corrected chi connectivity index (χ0v) is 8.87. The second-order valence-electron chi connectivity index (χ2n) is 3.35. The van der Waals surface area contributed by atoms with Crippen molar-refractivity contribution in [3.63, 3.8) is 0 Å². The van der Waals surface area contributed by atoms with Crippen LogP contribution in [0.5, 0.6) is 0 Å².